The van der Waals surface area contributed by atoms with Gasteiger partial charge >= 0.3 is 0 Å². The molecule has 1 atom stereocenters. The summed E-state index contributed by atoms with van der Waals surface area (Å²) in [6.45, 7) is 0.234. The van der Waals surface area contributed by atoms with Crippen molar-refractivity contribution in [3.8, 4) is 0 Å². The van der Waals surface area contributed by atoms with Crippen LogP contribution in [0.1, 0.15) is 0 Å². The van der Waals surface area contributed by atoms with Gasteiger partial charge in [-0.25, -0.2) is 13.4 Å². The zero-order chi connectivity index (χ0) is 11.6. The second-order valence-corrected chi connectivity index (χ2v) is 5.56. The van der Waals surface area contributed by atoms with Crippen molar-refractivity contribution in [2.45, 2.75) is 10.9 Å². The summed E-state index contributed by atoms with van der Waals surface area (Å²) in [5, 5.41) is 0. The van der Waals surface area contributed by atoms with E-state index < -0.39 is 15.9 Å². The van der Waals surface area contributed by atoms with Gasteiger partial charge < -0.3 is 10.5 Å². The van der Waals surface area contributed by atoms with Gasteiger partial charge in [0.25, 0.3) is 6.02 Å². The minimum absolute atomic E-state index is 0.0632. The monoisotopic (exact) mass is 240 g/mol. The second-order valence-electron chi connectivity index (χ2n) is 3.53. The summed E-state index contributed by atoms with van der Waals surface area (Å²) in [5.74, 6) is -0.0717. The molecule has 2 N–H and O–H groups in total. The van der Waals surface area contributed by atoms with Crippen molar-refractivity contribution in [3.05, 3.63) is 30.3 Å². The molecule has 2 rings (SSSR count). The predicted octanol–water partition coefficient (Wildman–Crippen LogP) is 0.174. The number of amidine groups is 1. The molecule has 0 bridgehead atoms. The summed E-state index contributed by atoms with van der Waals surface area (Å²) in [4.78, 5) is 4.19. The van der Waals surface area contributed by atoms with Crippen LogP contribution < -0.4 is 5.73 Å². The topological polar surface area (TPSA) is 81.8 Å². The van der Waals surface area contributed by atoms with Gasteiger partial charge in [-0.2, -0.15) is 0 Å². The fourth-order valence-electron chi connectivity index (χ4n) is 1.50. The van der Waals surface area contributed by atoms with E-state index in [4.69, 9.17) is 10.5 Å². The van der Waals surface area contributed by atoms with Gasteiger partial charge in [-0.1, -0.05) is 18.2 Å². The molecule has 0 saturated heterocycles. The highest BCUT2D eigenvalue weighted by Crippen LogP contribution is 2.14. The van der Waals surface area contributed by atoms with Crippen LogP contribution in [0.15, 0.2) is 40.2 Å². The van der Waals surface area contributed by atoms with Gasteiger partial charge in [0, 0.05) is 0 Å². The van der Waals surface area contributed by atoms with E-state index in [9.17, 15) is 8.42 Å². The Kier molecular flexibility index (Phi) is 2.82. The van der Waals surface area contributed by atoms with Gasteiger partial charge in [0.1, 0.15) is 12.6 Å². The van der Waals surface area contributed by atoms with Crippen molar-refractivity contribution in [2.75, 3.05) is 12.4 Å². The van der Waals surface area contributed by atoms with Crippen molar-refractivity contribution < 1.29 is 13.2 Å². The third-order valence-corrected chi connectivity index (χ3v) is 4.06. The number of sulfone groups is 1. The van der Waals surface area contributed by atoms with Gasteiger partial charge in [-0.15, -0.1) is 0 Å². The van der Waals surface area contributed by atoms with Crippen LogP contribution >= 0.6 is 0 Å². The summed E-state index contributed by atoms with van der Waals surface area (Å²) in [6.07, 6.45) is 0. The first kappa shape index (κ1) is 10.9. The van der Waals surface area contributed by atoms with Crippen LogP contribution in [0.25, 0.3) is 0 Å². The van der Waals surface area contributed by atoms with Crippen LogP contribution in [0.3, 0.4) is 0 Å². The molecule has 1 aliphatic heterocycles. The van der Waals surface area contributed by atoms with Crippen molar-refractivity contribution in [1.29, 1.82) is 0 Å². The molecule has 16 heavy (non-hydrogen) atoms. The number of benzene rings is 1. The van der Waals surface area contributed by atoms with Crippen LogP contribution in [0.2, 0.25) is 0 Å². The lowest BCUT2D eigenvalue weighted by Gasteiger charge is -2.06. The van der Waals surface area contributed by atoms with Crippen molar-refractivity contribution in [3.63, 3.8) is 0 Å². The largest absolute Gasteiger partial charge is 0.463 e. The van der Waals surface area contributed by atoms with Crippen molar-refractivity contribution >= 4 is 15.9 Å². The maximum atomic E-state index is 11.9. The van der Waals surface area contributed by atoms with Crippen molar-refractivity contribution in [2.24, 2.45) is 10.7 Å². The first-order valence-corrected chi connectivity index (χ1v) is 6.47. The van der Waals surface area contributed by atoms with Gasteiger partial charge in [-0.3, -0.25) is 0 Å². The number of hydrogen-bond acceptors (Lipinski definition) is 5. The standard InChI is InChI=1S/C10H12N2O3S/c11-10-12-8(6-15-10)7-16(13,14)9-4-2-1-3-5-9/h1-5,8H,6-7H2,(H2,11,12). The minimum Gasteiger partial charge on any atom is -0.463 e. The lowest BCUT2D eigenvalue weighted by atomic mass is 10.4. The van der Waals surface area contributed by atoms with Crippen molar-refractivity contribution in [1.82, 2.24) is 0 Å². The first-order chi connectivity index (χ1) is 7.58. The number of rotatable bonds is 3. The molecule has 86 valence electrons. The fourth-order valence-corrected chi connectivity index (χ4v) is 2.94. The third-order valence-electron chi connectivity index (χ3n) is 2.25. The van der Waals surface area contributed by atoms with Gasteiger partial charge in [-0.05, 0) is 12.1 Å². The predicted molar refractivity (Wildman–Crippen MR) is 59.9 cm³/mol. The zero-order valence-electron chi connectivity index (χ0n) is 8.54. The molecule has 0 radical (unpaired) electrons. The first-order valence-electron chi connectivity index (χ1n) is 4.82. The Morgan fingerprint density at radius 1 is 1.38 bits per heavy atom. The third kappa shape index (κ3) is 2.33. The Labute approximate surface area is 93.9 Å². The van der Waals surface area contributed by atoms with E-state index in [1.54, 1.807) is 30.3 Å². The molecule has 0 aliphatic carbocycles. The summed E-state index contributed by atoms with van der Waals surface area (Å²) < 4.78 is 28.8. The Hall–Kier alpha value is -1.56. The van der Waals surface area contributed by atoms with E-state index in [0.29, 0.717) is 4.90 Å². The van der Waals surface area contributed by atoms with Crippen LogP contribution in [-0.4, -0.2) is 32.8 Å². The molecule has 1 aromatic carbocycles. The average molecular weight is 240 g/mol. The molecule has 0 aromatic heterocycles. The van der Waals surface area contributed by atoms with Crippen LogP contribution in [0.5, 0.6) is 0 Å². The molecule has 1 aliphatic rings. The molecular formula is C10H12N2O3S. The molecule has 0 saturated carbocycles. The number of nitrogens with two attached hydrogens (primary N) is 1. The number of hydrogen-bond donors (Lipinski definition) is 1. The second kappa shape index (κ2) is 4.13. The van der Waals surface area contributed by atoms with Crippen LogP contribution in [0, 0.1) is 0 Å². The molecule has 1 aromatic rings. The lowest BCUT2D eigenvalue weighted by molar-refractivity contribution is 0.319. The summed E-state index contributed by atoms with van der Waals surface area (Å²) in [7, 11) is -3.31. The SMILES string of the molecule is NC1=NC(CS(=O)(=O)c2ccccc2)CO1. The zero-order valence-corrected chi connectivity index (χ0v) is 9.35. The maximum Gasteiger partial charge on any atom is 0.282 e. The Balaban J connectivity index is 2.16. The van der Waals surface area contributed by atoms with E-state index in [1.165, 1.54) is 0 Å². The fraction of sp³-hybridized carbons (Fsp3) is 0.300. The van der Waals surface area contributed by atoms with Crippen LogP contribution in [-0.2, 0) is 14.6 Å². The van der Waals surface area contributed by atoms with E-state index in [0.717, 1.165) is 0 Å². The van der Waals surface area contributed by atoms with E-state index >= 15 is 0 Å². The quantitative estimate of drug-likeness (QED) is 0.816. The average Bonchev–Trinajstić information content (AvgIpc) is 2.64. The molecule has 5 nitrogen and oxygen atoms in total. The van der Waals surface area contributed by atoms with Crippen LogP contribution in [0.4, 0.5) is 0 Å². The number of aliphatic imine (C=N–C) groups is 1. The summed E-state index contributed by atoms with van der Waals surface area (Å²) >= 11 is 0. The lowest BCUT2D eigenvalue weighted by Crippen LogP contribution is -2.20. The molecule has 1 heterocycles. The molecular weight excluding hydrogens is 228 g/mol. The highest BCUT2D eigenvalue weighted by molar-refractivity contribution is 7.91. The molecule has 6 heteroatoms. The molecule has 0 spiro atoms. The van der Waals surface area contributed by atoms with E-state index in [-0.39, 0.29) is 18.4 Å². The van der Waals surface area contributed by atoms with E-state index in [1.807, 2.05) is 0 Å². The molecule has 0 amide bonds. The Morgan fingerprint density at radius 3 is 2.62 bits per heavy atom. The molecule has 1 unspecified atom stereocenters. The normalized spacial score (nSPS) is 20.2. The van der Waals surface area contributed by atoms with Gasteiger partial charge in [0.05, 0.1) is 10.6 Å². The molecule has 0 fully saturated rings. The highest BCUT2D eigenvalue weighted by Gasteiger charge is 2.25. The van der Waals surface area contributed by atoms with Gasteiger partial charge in [0.15, 0.2) is 9.84 Å². The Morgan fingerprint density at radius 2 is 2.06 bits per heavy atom. The highest BCUT2D eigenvalue weighted by atomic mass is 32.2. The smallest absolute Gasteiger partial charge is 0.282 e. The van der Waals surface area contributed by atoms with E-state index in [2.05, 4.69) is 4.99 Å². The minimum atomic E-state index is -3.31. The number of ether oxygens (including phenoxy) is 1. The van der Waals surface area contributed by atoms with Gasteiger partial charge in [0.2, 0.25) is 0 Å². The summed E-state index contributed by atoms with van der Waals surface area (Å²) in [6, 6.07) is 7.95. The summed E-state index contributed by atoms with van der Waals surface area (Å²) in [5.41, 5.74) is 5.32. The number of nitrogens with zero attached hydrogens (tertiary/aromatic N) is 1. The Bertz CT molecular complexity index is 496. The maximum absolute atomic E-state index is 11.9.